The molecule has 0 unspecified atom stereocenters. The van der Waals surface area contributed by atoms with Crippen molar-refractivity contribution >= 4 is 11.6 Å². The van der Waals surface area contributed by atoms with E-state index >= 15 is 0 Å². The van der Waals surface area contributed by atoms with Crippen LogP contribution in [0.1, 0.15) is 50.9 Å². The van der Waals surface area contributed by atoms with Crippen molar-refractivity contribution in [2.24, 2.45) is 5.92 Å². The fourth-order valence-electron chi connectivity index (χ4n) is 2.82. The van der Waals surface area contributed by atoms with Crippen molar-refractivity contribution in [2.45, 2.75) is 59.0 Å². The summed E-state index contributed by atoms with van der Waals surface area (Å²) in [4.78, 5) is 9.17. The summed E-state index contributed by atoms with van der Waals surface area (Å²) < 4.78 is 0. The van der Waals surface area contributed by atoms with Gasteiger partial charge in [0.2, 0.25) is 0 Å². The van der Waals surface area contributed by atoms with E-state index < -0.39 is 0 Å². The first-order chi connectivity index (χ1) is 10.1. The van der Waals surface area contributed by atoms with Crippen LogP contribution >= 0.6 is 0 Å². The van der Waals surface area contributed by atoms with Crippen LogP contribution < -0.4 is 10.6 Å². The molecule has 0 bridgehead atoms. The third-order valence-corrected chi connectivity index (χ3v) is 4.23. The molecule has 0 aromatic carbocycles. The van der Waals surface area contributed by atoms with Crippen molar-refractivity contribution in [2.75, 3.05) is 23.7 Å². The third-order valence-electron chi connectivity index (χ3n) is 4.23. The van der Waals surface area contributed by atoms with Crippen LogP contribution in [-0.4, -0.2) is 34.3 Å². The first-order valence-electron chi connectivity index (χ1n) is 8.17. The number of aromatic nitrogens is 2. The Kier molecular flexibility index (Phi) is 5.79. The predicted octanol–water partition coefficient (Wildman–Crippen LogP) is 2.74. The van der Waals surface area contributed by atoms with E-state index in [0.29, 0.717) is 5.92 Å². The molecule has 1 saturated carbocycles. The van der Waals surface area contributed by atoms with Crippen molar-refractivity contribution in [1.82, 2.24) is 9.97 Å². The summed E-state index contributed by atoms with van der Waals surface area (Å²) in [6, 6.07) is 0. The van der Waals surface area contributed by atoms with Crippen molar-refractivity contribution in [3.05, 3.63) is 11.4 Å². The molecule has 0 spiro atoms. The molecule has 0 saturated heterocycles. The average Bonchev–Trinajstić information content (AvgIpc) is 2.50. The van der Waals surface area contributed by atoms with Gasteiger partial charge in [-0.2, -0.15) is 0 Å². The lowest BCUT2D eigenvalue weighted by Crippen LogP contribution is -2.24. The summed E-state index contributed by atoms with van der Waals surface area (Å²) in [5.74, 6) is 3.39. The molecule has 118 valence electrons. The Morgan fingerprint density at radius 2 is 1.67 bits per heavy atom. The summed E-state index contributed by atoms with van der Waals surface area (Å²) in [6.07, 6.45) is 4.80. The fraction of sp³-hybridized carbons (Fsp3) is 0.750. The summed E-state index contributed by atoms with van der Waals surface area (Å²) in [5.41, 5.74) is 1.09. The molecule has 2 rings (SSSR count). The number of nitrogens with one attached hydrogen (secondary N) is 2. The number of anilines is 2. The third kappa shape index (κ3) is 4.30. The lowest BCUT2D eigenvalue weighted by molar-refractivity contribution is 0.111. The number of nitrogens with zero attached hydrogens (tertiary/aromatic N) is 2. The van der Waals surface area contributed by atoms with E-state index in [1.807, 2.05) is 0 Å². The second kappa shape index (κ2) is 7.59. The standard InChI is InChI=1S/C16H28N4O/c1-4-14-19-15(17-5-2)11(3)16(20-14)18-10-12-6-8-13(21)9-7-12/h12-13,21H,4-10H2,1-3H3,(H2,17,18,19,20). The highest BCUT2D eigenvalue weighted by atomic mass is 16.3. The highest BCUT2D eigenvalue weighted by Gasteiger charge is 2.19. The van der Waals surface area contributed by atoms with Gasteiger partial charge in [-0.3, -0.25) is 0 Å². The van der Waals surface area contributed by atoms with Crippen LogP contribution in [0.5, 0.6) is 0 Å². The molecule has 5 heteroatoms. The maximum Gasteiger partial charge on any atom is 0.134 e. The van der Waals surface area contributed by atoms with E-state index in [0.717, 1.165) is 68.2 Å². The van der Waals surface area contributed by atoms with Gasteiger partial charge in [0.15, 0.2) is 0 Å². The van der Waals surface area contributed by atoms with E-state index in [9.17, 15) is 5.11 Å². The SMILES string of the molecule is CCNc1nc(CC)nc(NCC2CCC(O)CC2)c1C. The highest BCUT2D eigenvalue weighted by molar-refractivity contribution is 5.57. The van der Waals surface area contributed by atoms with Gasteiger partial charge in [0.25, 0.3) is 0 Å². The van der Waals surface area contributed by atoms with Crippen molar-refractivity contribution < 1.29 is 5.11 Å². The molecule has 1 aromatic rings. The van der Waals surface area contributed by atoms with E-state index in [1.54, 1.807) is 0 Å². The van der Waals surface area contributed by atoms with E-state index in [-0.39, 0.29) is 6.10 Å². The molecule has 0 aliphatic heterocycles. The van der Waals surface area contributed by atoms with Gasteiger partial charge in [0.1, 0.15) is 17.5 Å². The van der Waals surface area contributed by atoms with Gasteiger partial charge in [0, 0.05) is 25.1 Å². The average molecular weight is 292 g/mol. The lowest BCUT2D eigenvalue weighted by Gasteiger charge is -2.26. The summed E-state index contributed by atoms with van der Waals surface area (Å²) in [7, 11) is 0. The van der Waals surface area contributed by atoms with E-state index in [4.69, 9.17) is 0 Å². The molecule has 0 atom stereocenters. The Balaban J connectivity index is 2.02. The Hall–Kier alpha value is -1.36. The summed E-state index contributed by atoms with van der Waals surface area (Å²) in [5, 5.41) is 16.4. The quantitative estimate of drug-likeness (QED) is 0.752. The number of aliphatic hydroxyl groups is 1. The van der Waals surface area contributed by atoms with Gasteiger partial charge >= 0.3 is 0 Å². The Bertz CT molecular complexity index is 456. The first kappa shape index (κ1) is 16.0. The lowest BCUT2D eigenvalue weighted by atomic mass is 9.87. The second-order valence-electron chi connectivity index (χ2n) is 5.90. The number of aryl methyl sites for hydroxylation is 1. The molecule has 1 heterocycles. The van der Waals surface area contributed by atoms with Crippen LogP contribution in [0.25, 0.3) is 0 Å². The van der Waals surface area contributed by atoms with Crippen molar-refractivity contribution in [3.63, 3.8) is 0 Å². The zero-order valence-electron chi connectivity index (χ0n) is 13.4. The number of aliphatic hydroxyl groups excluding tert-OH is 1. The molecule has 5 nitrogen and oxygen atoms in total. The largest absolute Gasteiger partial charge is 0.393 e. The summed E-state index contributed by atoms with van der Waals surface area (Å²) >= 11 is 0. The minimum Gasteiger partial charge on any atom is -0.393 e. The maximum absolute atomic E-state index is 9.57. The van der Waals surface area contributed by atoms with Gasteiger partial charge in [0.05, 0.1) is 6.10 Å². The number of hydrogen-bond acceptors (Lipinski definition) is 5. The van der Waals surface area contributed by atoms with Crippen LogP contribution in [-0.2, 0) is 6.42 Å². The molecule has 21 heavy (non-hydrogen) atoms. The zero-order valence-corrected chi connectivity index (χ0v) is 13.4. The smallest absolute Gasteiger partial charge is 0.134 e. The molecule has 3 N–H and O–H groups in total. The highest BCUT2D eigenvalue weighted by Crippen LogP contribution is 2.26. The zero-order chi connectivity index (χ0) is 15.2. The summed E-state index contributed by atoms with van der Waals surface area (Å²) in [6.45, 7) is 8.00. The second-order valence-corrected chi connectivity index (χ2v) is 5.90. The van der Waals surface area contributed by atoms with Gasteiger partial charge in [-0.15, -0.1) is 0 Å². The van der Waals surface area contributed by atoms with Crippen LogP contribution in [0.15, 0.2) is 0 Å². The number of rotatable bonds is 6. The molecule has 1 fully saturated rings. The fourth-order valence-corrected chi connectivity index (χ4v) is 2.82. The van der Waals surface area contributed by atoms with E-state index in [1.165, 1.54) is 0 Å². The van der Waals surface area contributed by atoms with Gasteiger partial charge < -0.3 is 15.7 Å². The molecular formula is C16H28N4O. The monoisotopic (exact) mass is 292 g/mol. The predicted molar refractivity (Wildman–Crippen MR) is 86.8 cm³/mol. The Morgan fingerprint density at radius 3 is 2.24 bits per heavy atom. The molecule has 0 radical (unpaired) electrons. The van der Waals surface area contributed by atoms with Crippen LogP contribution in [0.2, 0.25) is 0 Å². The minimum absolute atomic E-state index is 0.0888. The van der Waals surface area contributed by atoms with Gasteiger partial charge in [-0.25, -0.2) is 9.97 Å². The van der Waals surface area contributed by atoms with Crippen LogP contribution in [0.4, 0.5) is 11.6 Å². The maximum atomic E-state index is 9.57. The van der Waals surface area contributed by atoms with Gasteiger partial charge in [-0.1, -0.05) is 6.92 Å². The molecule has 1 aliphatic rings. The topological polar surface area (TPSA) is 70.1 Å². The van der Waals surface area contributed by atoms with Crippen LogP contribution in [0.3, 0.4) is 0 Å². The molecule has 1 aromatic heterocycles. The normalized spacial score (nSPS) is 22.1. The first-order valence-corrected chi connectivity index (χ1v) is 8.17. The number of hydrogen-bond donors (Lipinski definition) is 3. The van der Waals surface area contributed by atoms with Crippen molar-refractivity contribution in [3.8, 4) is 0 Å². The van der Waals surface area contributed by atoms with Gasteiger partial charge in [-0.05, 0) is 45.4 Å². The van der Waals surface area contributed by atoms with Crippen molar-refractivity contribution in [1.29, 1.82) is 0 Å². The minimum atomic E-state index is -0.0888. The Morgan fingerprint density at radius 1 is 1.05 bits per heavy atom. The Labute approximate surface area is 127 Å². The molecule has 1 aliphatic carbocycles. The molecule has 0 amide bonds. The van der Waals surface area contributed by atoms with Crippen LogP contribution in [0, 0.1) is 12.8 Å². The molecular weight excluding hydrogens is 264 g/mol. The van der Waals surface area contributed by atoms with E-state index in [2.05, 4.69) is 41.4 Å².